The Kier molecular flexibility index (Phi) is 1.89. The highest BCUT2D eigenvalue weighted by Crippen LogP contribution is 2.27. The minimum Gasteiger partial charge on any atom is -0.324 e. The van der Waals surface area contributed by atoms with Crippen molar-refractivity contribution in [2.45, 2.75) is 6.04 Å². The Hall–Kier alpha value is -1.13. The van der Waals surface area contributed by atoms with Gasteiger partial charge >= 0.3 is 0 Å². The minimum atomic E-state index is 0.592. The minimum absolute atomic E-state index is 0.592. The lowest BCUT2D eigenvalue weighted by molar-refractivity contribution is 0.346. The van der Waals surface area contributed by atoms with E-state index in [9.17, 15) is 0 Å². The number of rotatable bonds is 2. The fraction of sp³-hybridized carbons (Fsp3) is 0.300. The van der Waals surface area contributed by atoms with Gasteiger partial charge in [0, 0.05) is 13.1 Å². The third-order valence-electron chi connectivity index (χ3n) is 2.59. The van der Waals surface area contributed by atoms with Crippen molar-refractivity contribution >= 4 is 11.3 Å². The zero-order chi connectivity index (χ0) is 9.38. The topological polar surface area (TPSA) is 29.9 Å². The smallest absolute Gasteiger partial charge is 0.0954 e. The fourth-order valence-electron chi connectivity index (χ4n) is 1.68. The van der Waals surface area contributed by atoms with Crippen LogP contribution >= 0.6 is 11.3 Å². The zero-order valence-corrected chi connectivity index (χ0v) is 8.50. The quantitative estimate of drug-likeness (QED) is 0.809. The number of hydrogen-bond acceptors (Lipinski definition) is 3. The number of thiophene rings is 1. The number of nitrogens with one attached hydrogen (secondary N) is 1. The summed E-state index contributed by atoms with van der Waals surface area (Å²) in [6.45, 7) is 2.13. The van der Waals surface area contributed by atoms with Crippen LogP contribution in [0, 0.1) is 0 Å². The van der Waals surface area contributed by atoms with E-state index in [0.29, 0.717) is 6.04 Å². The van der Waals surface area contributed by atoms with Crippen LogP contribution in [-0.4, -0.2) is 22.6 Å². The van der Waals surface area contributed by atoms with Crippen LogP contribution in [0.3, 0.4) is 0 Å². The average molecular weight is 205 g/mol. The summed E-state index contributed by atoms with van der Waals surface area (Å²) in [5.41, 5.74) is 1.24. The molecule has 3 heterocycles. The van der Waals surface area contributed by atoms with Gasteiger partial charge in [-0.25, -0.2) is 4.98 Å². The Bertz CT molecular complexity index is 414. The first-order valence-electron chi connectivity index (χ1n) is 4.71. The van der Waals surface area contributed by atoms with E-state index < -0.39 is 0 Å². The fourth-order valence-corrected chi connectivity index (χ4v) is 2.42. The molecule has 0 spiro atoms. The van der Waals surface area contributed by atoms with E-state index in [-0.39, 0.29) is 0 Å². The Morgan fingerprint density at radius 3 is 3.07 bits per heavy atom. The Morgan fingerprint density at radius 2 is 2.43 bits per heavy atom. The second kappa shape index (κ2) is 3.22. The Balaban J connectivity index is 2.01. The van der Waals surface area contributed by atoms with E-state index in [1.54, 1.807) is 11.3 Å². The molecule has 14 heavy (non-hydrogen) atoms. The third-order valence-corrected chi connectivity index (χ3v) is 3.49. The van der Waals surface area contributed by atoms with Gasteiger partial charge < -0.3 is 9.88 Å². The summed E-state index contributed by atoms with van der Waals surface area (Å²) in [7, 11) is 0. The van der Waals surface area contributed by atoms with Crippen LogP contribution in [0.5, 0.6) is 0 Å². The van der Waals surface area contributed by atoms with Crippen LogP contribution in [0.2, 0.25) is 0 Å². The van der Waals surface area contributed by atoms with Gasteiger partial charge in [-0.05, 0) is 11.4 Å². The van der Waals surface area contributed by atoms with Gasteiger partial charge in [-0.3, -0.25) is 0 Å². The van der Waals surface area contributed by atoms with Crippen molar-refractivity contribution in [1.82, 2.24) is 14.9 Å². The standard InChI is InChI=1S/C10H11N3S/c1-2-10(14-3-1)9-6-12-7-13(9)8-4-11-5-8/h1-3,6-8,11H,4-5H2. The summed E-state index contributed by atoms with van der Waals surface area (Å²) >= 11 is 1.77. The van der Waals surface area contributed by atoms with Crippen molar-refractivity contribution in [2.75, 3.05) is 13.1 Å². The monoisotopic (exact) mass is 205 g/mol. The Labute approximate surface area is 86.4 Å². The molecule has 0 unspecified atom stereocenters. The second-order valence-corrected chi connectivity index (χ2v) is 4.42. The summed E-state index contributed by atoms with van der Waals surface area (Å²) in [6, 6.07) is 4.82. The zero-order valence-electron chi connectivity index (χ0n) is 7.68. The summed E-state index contributed by atoms with van der Waals surface area (Å²) in [4.78, 5) is 5.52. The number of imidazole rings is 1. The Morgan fingerprint density at radius 1 is 1.50 bits per heavy atom. The van der Waals surface area contributed by atoms with Crippen molar-refractivity contribution in [3.63, 3.8) is 0 Å². The largest absolute Gasteiger partial charge is 0.324 e. The van der Waals surface area contributed by atoms with E-state index in [1.807, 2.05) is 12.5 Å². The predicted molar refractivity (Wildman–Crippen MR) is 57.4 cm³/mol. The maximum Gasteiger partial charge on any atom is 0.0954 e. The predicted octanol–water partition coefficient (Wildman–Crippen LogP) is 1.76. The highest BCUT2D eigenvalue weighted by atomic mass is 32.1. The molecule has 4 heteroatoms. The van der Waals surface area contributed by atoms with Crippen LogP contribution in [0.4, 0.5) is 0 Å². The summed E-state index contributed by atoms with van der Waals surface area (Å²) in [6.07, 6.45) is 3.88. The van der Waals surface area contributed by atoms with Gasteiger partial charge in [0.1, 0.15) is 0 Å². The summed E-state index contributed by atoms with van der Waals surface area (Å²) < 4.78 is 2.27. The van der Waals surface area contributed by atoms with Gasteiger partial charge in [0.25, 0.3) is 0 Å². The van der Waals surface area contributed by atoms with E-state index >= 15 is 0 Å². The van der Waals surface area contributed by atoms with E-state index in [4.69, 9.17) is 0 Å². The molecular weight excluding hydrogens is 194 g/mol. The van der Waals surface area contributed by atoms with Crippen LogP contribution < -0.4 is 5.32 Å². The molecule has 72 valence electrons. The first-order valence-corrected chi connectivity index (χ1v) is 5.59. The third kappa shape index (κ3) is 1.19. The van der Waals surface area contributed by atoms with Gasteiger partial charge in [0.05, 0.1) is 29.1 Å². The van der Waals surface area contributed by atoms with Crippen molar-refractivity contribution < 1.29 is 0 Å². The molecule has 2 aromatic rings. The summed E-state index contributed by atoms with van der Waals surface area (Å²) in [5, 5.41) is 5.38. The molecule has 1 aliphatic heterocycles. The molecule has 2 aromatic heterocycles. The average Bonchev–Trinajstić information content (AvgIpc) is 2.66. The number of nitrogens with zero attached hydrogens (tertiary/aromatic N) is 2. The van der Waals surface area contributed by atoms with Gasteiger partial charge in [-0.15, -0.1) is 11.3 Å². The highest BCUT2D eigenvalue weighted by Gasteiger charge is 2.21. The lowest BCUT2D eigenvalue weighted by Crippen LogP contribution is -2.43. The molecule has 1 saturated heterocycles. The van der Waals surface area contributed by atoms with Crippen molar-refractivity contribution in [3.05, 3.63) is 30.0 Å². The first-order chi connectivity index (χ1) is 6.95. The van der Waals surface area contributed by atoms with Crippen molar-refractivity contribution in [1.29, 1.82) is 0 Å². The van der Waals surface area contributed by atoms with E-state index in [1.165, 1.54) is 10.6 Å². The van der Waals surface area contributed by atoms with Crippen LogP contribution in [0.25, 0.3) is 10.6 Å². The lowest BCUT2D eigenvalue weighted by atomic mass is 10.1. The molecule has 0 amide bonds. The molecule has 0 saturated carbocycles. The molecule has 0 atom stereocenters. The molecule has 1 fully saturated rings. The molecule has 3 nitrogen and oxygen atoms in total. The maximum absolute atomic E-state index is 4.22. The molecule has 0 bridgehead atoms. The normalized spacial score (nSPS) is 16.9. The van der Waals surface area contributed by atoms with Crippen LogP contribution in [0.1, 0.15) is 6.04 Å². The molecule has 3 rings (SSSR count). The molecule has 1 N–H and O–H groups in total. The first kappa shape index (κ1) is 8.20. The van der Waals surface area contributed by atoms with Crippen molar-refractivity contribution in [2.24, 2.45) is 0 Å². The maximum atomic E-state index is 4.22. The molecule has 0 radical (unpaired) electrons. The van der Waals surface area contributed by atoms with Gasteiger partial charge in [-0.2, -0.15) is 0 Å². The second-order valence-electron chi connectivity index (χ2n) is 3.48. The summed E-state index contributed by atoms with van der Waals surface area (Å²) in [5.74, 6) is 0. The van der Waals surface area contributed by atoms with E-state index in [2.05, 4.69) is 32.4 Å². The lowest BCUT2D eigenvalue weighted by Gasteiger charge is -2.29. The van der Waals surface area contributed by atoms with E-state index in [0.717, 1.165) is 13.1 Å². The molecular formula is C10H11N3S. The van der Waals surface area contributed by atoms with Gasteiger partial charge in [0.2, 0.25) is 0 Å². The highest BCUT2D eigenvalue weighted by molar-refractivity contribution is 7.13. The van der Waals surface area contributed by atoms with Crippen LogP contribution in [-0.2, 0) is 0 Å². The van der Waals surface area contributed by atoms with Crippen LogP contribution in [0.15, 0.2) is 30.0 Å². The molecule has 1 aliphatic rings. The number of aromatic nitrogens is 2. The van der Waals surface area contributed by atoms with Gasteiger partial charge in [0.15, 0.2) is 0 Å². The molecule has 0 aromatic carbocycles. The number of hydrogen-bond donors (Lipinski definition) is 1. The van der Waals surface area contributed by atoms with Gasteiger partial charge in [-0.1, -0.05) is 6.07 Å². The molecule has 0 aliphatic carbocycles. The van der Waals surface area contributed by atoms with Crippen molar-refractivity contribution in [3.8, 4) is 10.6 Å². The SMILES string of the molecule is c1csc(-c2cncn2C2CNC2)c1.